The standard InChI is InChI=1S/C27H33N11O2/c1-16(2)19-14-21(36-35-19)32-26(39)18-6-5-17(3)20(13-18)31-25-23-22(29-15-30-25)24(28)34-27(33-23)38-9-7-37(8-10-38)11-12-40-4/h5-6,13-15H,1,7-12H2,2-4H3,(H2,28,33,34)(H,29,30,31)(H2,32,35,36,39). The quantitative estimate of drug-likeness (QED) is 0.245. The predicted molar refractivity (Wildman–Crippen MR) is 156 cm³/mol. The third-order valence-electron chi connectivity index (χ3n) is 6.80. The molecule has 0 bridgehead atoms. The Kier molecular flexibility index (Phi) is 7.84. The van der Waals surface area contributed by atoms with E-state index in [1.165, 1.54) is 6.33 Å². The number of hydrogen-bond acceptors (Lipinski definition) is 11. The molecule has 1 saturated heterocycles. The number of carbonyl (C=O) groups excluding carboxylic acids is 1. The molecule has 13 heteroatoms. The number of fused-ring (bicyclic) bond motifs is 1. The molecule has 13 nitrogen and oxygen atoms in total. The monoisotopic (exact) mass is 543 g/mol. The van der Waals surface area contributed by atoms with Crippen molar-refractivity contribution in [1.82, 2.24) is 35.0 Å². The number of hydrogen-bond donors (Lipinski definition) is 4. The highest BCUT2D eigenvalue weighted by atomic mass is 16.5. The van der Waals surface area contributed by atoms with E-state index >= 15 is 0 Å². The summed E-state index contributed by atoms with van der Waals surface area (Å²) in [7, 11) is 1.71. The predicted octanol–water partition coefficient (Wildman–Crippen LogP) is 2.83. The largest absolute Gasteiger partial charge is 0.383 e. The zero-order valence-corrected chi connectivity index (χ0v) is 22.9. The topological polar surface area (TPSA) is 163 Å². The molecule has 3 aromatic heterocycles. The Bertz CT molecular complexity index is 1540. The second kappa shape index (κ2) is 11.6. The molecule has 208 valence electrons. The van der Waals surface area contributed by atoms with E-state index in [4.69, 9.17) is 15.5 Å². The van der Waals surface area contributed by atoms with Gasteiger partial charge in [0.05, 0.1) is 12.3 Å². The fourth-order valence-electron chi connectivity index (χ4n) is 4.40. The molecule has 0 atom stereocenters. The smallest absolute Gasteiger partial charge is 0.256 e. The maximum atomic E-state index is 13.0. The van der Waals surface area contributed by atoms with E-state index in [2.05, 4.69) is 52.2 Å². The number of allylic oxidation sites excluding steroid dienone is 1. The molecule has 0 spiro atoms. The zero-order valence-electron chi connectivity index (χ0n) is 22.9. The molecule has 1 amide bonds. The summed E-state index contributed by atoms with van der Waals surface area (Å²) in [5, 5.41) is 13.1. The first kappa shape index (κ1) is 27.0. The Morgan fingerprint density at radius 1 is 1.15 bits per heavy atom. The molecule has 1 aliphatic heterocycles. The van der Waals surface area contributed by atoms with Gasteiger partial charge in [0.25, 0.3) is 5.91 Å². The number of benzene rings is 1. The lowest BCUT2D eigenvalue weighted by molar-refractivity contribution is 0.102. The number of H-pyrrole nitrogens is 1. The number of nitrogens with two attached hydrogens (primary N) is 1. The van der Waals surface area contributed by atoms with Gasteiger partial charge >= 0.3 is 0 Å². The number of aromatic nitrogens is 6. The summed E-state index contributed by atoms with van der Waals surface area (Å²) in [6.07, 6.45) is 1.42. The van der Waals surface area contributed by atoms with Crippen molar-refractivity contribution in [1.29, 1.82) is 0 Å². The summed E-state index contributed by atoms with van der Waals surface area (Å²) < 4.78 is 5.20. The van der Waals surface area contributed by atoms with Crippen LogP contribution in [-0.4, -0.2) is 87.4 Å². The van der Waals surface area contributed by atoms with E-state index in [1.807, 2.05) is 19.9 Å². The molecule has 4 aromatic rings. The molecule has 5 N–H and O–H groups in total. The molecule has 1 aliphatic rings. The third-order valence-corrected chi connectivity index (χ3v) is 6.80. The summed E-state index contributed by atoms with van der Waals surface area (Å²) >= 11 is 0. The molecule has 1 aromatic carbocycles. The summed E-state index contributed by atoms with van der Waals surface area (Å²) in [6.45, 7) is 12.6. The lowest BCUT2D eigenvalue weighted by atomic mass is 10.1. The van der Waals surface area contributed by atoms with E-state index in [1.54, 1.807) is 25.3 Å². The van der Waals surface area contributed by atoms with Gasteiger partial charge in [0.2, 0.25) is 5.95 Å². The van der Waals surface area contributed by atoms with Gasteiger partial charge in [-0.15, -0.1) is 0 Å². The molecular formula is C27H33N11O2. The highest BCUT2D eigenvalue weighted by molar-refractivity contribution is 6.05. The average molecular weight is 544 g/mol. The molecule has 0 saturated carbocycles. The van der Waals surface area contributed by atoms with Crippen molar-refractivity contribution in [3.63, 3.8) is 0 Å². The molecule has 5 rings (SSSR count). The van der Waals surface area contributed by atoms with Crippen LogP contribution >= 0.6 is 0 Å². The van der Waals surface area contributed by atoms with Crippen LogP contribution in [0.1, 0.15) is 28.5 Å². The fraction of sp³-hybridized carbons (Fsp3) is 0.333. The lowest BCUT2D eigenvalue weighted by Gasteiger charge is -2.34. The van der Waals surface area contributed by atoms with Crippen LogP contribution in [0.3, 0.4) is 0 Å². The van der Waals surface area contributed by atoms with E-state index < -0.39 is 0 Å². The van der Waals surface area contributed by atoms with Crippen LogP contribution in [0, 0.1) is 6.92 Å². The minimum absolute atomic E-state index is 0.283. The van der Waals surface area contributed by atoms with E-state index in [0.717, 1.165) is 49.6 Å². The molecule has 40 heavy (non-hydrogen) atoms. The van der Waals surface area contributed by atoms with Crippen LogP contribution in [-0.2, 0) is 4.74 Å². The molecule has 0 unspecified atom stereocenters. The van der Waals surface area contributed by atoms with Crippen LogP contribution < -0.4 is 21.3 Å². The third kappa shape index (κ3) is 5.84. The van der Waals surface area contributed by atoms with Crippen LogP contribution in [0.5, 0.6) is 0 Å². The van der Waals surface area contributed by atoms with Gasteiger partial charge in [-0.1, -0.05) is 12.6 Å². The molecule has 4 heterocycles. The highest BCUT2D eigenvalue weighted by Crippen LogP contribution is 2.28. The van der Waals surface area contributed by atoms with Crippen LogP contribution in [0.25, 0.3) is 16.6 Å². The normalized spacial score (nSPS) is 13.9. The molecular weight excluding hydrogens is 510 g/mol. The Morgan fingerprint density at radius 2 is 1.95 bits per heavy atom. The van der Waals surface area contributed by atoms with Gasteiger partial charge in [-0.05, 0) is 37.1 Å². The van der Waals surface area contributed by atoms with Crippen molar-refractivity contribution in [3.05, 3.63) is 54.0 Å². The van der Waals surface area contributed by atoms with Crippen LogP contribution in [0.15, 0.2) is 37.2 Å². The van der Waals surface area contributed by atoms with Gasteiger partial charge in [-0.25, -0.2) is 15.0 Å². The number of aromatic amines is 1. The molecule has 0 aliphatic carbocycles. The zero-order chi connectivity index (χ0) is 28.2. The number of carbonyl (C=O) groups is 1. The van der Waals surface area contributed by atoms with Gasteiger partial charge in [-0.2, -0.15) is 10.1 Å². The first-order valence-electron chi connectivity index (χ1n) is 13.0. The maximum absolute atomic E-state index is 13.0. The van der Waals surface area contributed by atoms with Crippen LogP contribution in [0.2, 0.25) is 0 Å². The second-order valence-corrected chi connectivity index (χ2v) is 9.71. The summed E-state index contributed by atoms with van der Waals surface area (Å²) in [6, 6.07) is 7.12. The Hall–Kier alpha value is -4.62. The average Bonchev–Trinajstić information content (AvgIpc) is 3.42. The van der Waals surface area contributed by atoms with E-state index in [0.29, 0.717) is 46.5 Å². The SMILES string of the molecule is C=C(C)c1cc(NC(=O)c2ccc(C)c(Nc3ncnc4c(N)nc(N5CCN(CCOC)CC5)nc34)c2)n[nH]1. The number of anilines is 5. The van der Waals surface area contributed by atoms with Gasteiger partial charge < -0.3 is 26.0 Å². The number of nitrogen functional groups attached to an aromatic ring is 1. The van der Waals surface area contributed by atoms with Gasteiger partial charge in [0.15, 0.2) is 17.5 Å². The minimum atomic E-state index is -0.297. The first-order valence-corrected chi connectivity index (χ1v) is 13.0. The number of amides is 1. The van der Waals surface area contributed by atoms with E-state index in [-0.39, 0.29) is 11.7 Å². The minimum Gasteiger partial charge on any atom is -0.383 e. The Morgan fingerprint density at radius 3 is 2.67 bits per heavy atom. The summed E-state index contributed by atoms with van der Waals surface area (Å²) in [5.74, 6) is 1.41. The van der Waals surface area contributed by atoms with Crippen molar-refractivity contribution in [2.75, 3.05) is 67.7 Å². The fourth-order valence-corrected chi connectivity index (χ4v) is 4.40. The second-order valence-electron chi connectivity index (χ2n) is 9.71. The molecule has 1 fully saturated rings. The maximum Gasteiger partial charge on any atom is 0.256 e. The number of nitrogens with one attached hydrogen (secondary N) is 3. The van der Waals surface area contributed by atoms with Crippen molar-refractivity contribution < 1.29 is 9.53 Å². The van der Waals surface area contributed by atoms with Crippen molar-refractivity contribution in [2.24, 2.45) is 0 Å². The van der Waals surface area contributed by atoms with E-state index in [9.17, 15) is 4.79 Å². The number of piperazine rings is 1. The Labute approximate surface area is 231 Å². The number of ether oxygens (including phenoxy) is 1. The first-order chi connectivity index (χ1) is 19.3. The van der Waals surface area contributed by atoms with Gasteiger partial charge in [0, 0.05) is 57.2 Å². The van der Waals surface area contributed by atoms with Gasteiger partial charge in [-0.3, -0.25) is 14.8 Å². The number of aryl methyl sites for hydroxylation is 1. The number of rotatable bonds is 9. The highest BCUT2D eigenvalue weighted by Gasteiger charge is 2.21. The lowest BCUT2D eigenvalue weighted by Crippen LogP contribution is -2.47. The van der Waals surface area contributed by atoms with Crippen LogP contribution in [0.4, 0.5) is 29.1 Å². The van der Waals surface area contributed by atoms with Crippen molar-refractivity contribution >= 4 is 51.6 Å². The number of nitrogens with zero attached hydrogens (tertiary/aromatic N) is 7. The molecule has 0 radical (unpaired) electrons. The van der Waals surface area contributed by atoms with Crippen molar-refractivity contribution in [3.8, 4) is 0 Å². The number of methoxy groups -OCH3 is 1. The summed E-state index contributed by atoms with van der Waals surface area (Å²) in [5.41, 5.74) is 10.9. The Balaban J connectivity index is 1.38. The van der Waals surface area contributed by atoms with Gasteiger partial charge in [0.1, 0.15) is 17.4 Å². The summed E-state index contributed by atoms with van der Waals surface area (Å²) in [4.78, 5) is 35.5. The van der Waals surface area contributed by atoms with Crippen molar-refractivity contribution in [2.45, 2.75) is 13.8 Å².